The van der Waals surface area contributed by atoms with Gasteiger partial charge in [0, 0.05) is 39.2 Å². The largest absolute Gasteiger partial charge is 0.471 e. The van der Waals surface area contributed by atoms with Crippen molar-refractivity contribution in [3.8, 4) is 5.88 Å². The Morgan fingerprint density at radius 3 is 2.67 bits per heavy atom. The molecule has 2 aliphatic rings. The number of carbonyl (C=O) groups excluding carboxylic acids is 1. The topological polar surface area (TPSA) is 70.6 Å². The third-order valence-corrected chi connectivity index (χ3v) is 4.74. The molecule has 1 atom stereocenters. The maximum Gasteiger partial charge on any atom is 0.317 e. The van der Waals surface area contributed by atoms with E-state index in [1.165, 1.54) is 19.3 Å². The number of carbonyl (C=O) groups is 1. The lowest BCUT2D eigenvalue weighted by atomic mass is 9.96. The minimum Gasteiger partial charge on any atom is -0.471 e. The number of nitrogens with zero attached hydrogens (tertiary/aromatic N) is 4. The molecule has 0 bridgehead atoms. The van der Waals surface area contributed by atoms with Gasteiger partial charge in [0.05, 0.1) is 6.54 Å². The van der Waals surface area contributed by atoms with E-state index in [1.807, 2.05) is 36.0 Å². The third kappa shape index (κ3) is 4.27. The molecule has 1 aliphatic heterocycles. The molecular weight excluding hydrogens is 306 g/mol. The second-order valence-corrected chi connectivity index (χ2v) is 6.88. The molecular formula is C17H27N5O2. The van der Waals surface area contributed by atoms with E-state index in [9.17, 15) is 4.79 Å². The third-order valence-electron chi connectivity index (χ3n) is 4.74. The predicted molar refractivity (Wildman–Crippen MR) is 92.4 cm³/mol. The van der Waals surface area contributed by atoms with Crippen LogP contribution in [0.5, 0.6) is 5.88 Å². The van der Waals surface area contributed by atoms with Crippen molar-refractivity contribution in [2.45, 2.75) is 50.7 Å². The highest BCUT2D eigenvalue weighted by Crippen LogP contribution is 2.20. The molecule has 0 spiro atoms. The molecule has 1 saturated heterocycles. The van der Waals surface area contributed by atoms with Crippen molar-refractivity contribution in [3.05, 3.63) is 12.1 Å². The van der Waals surface area contributed by atoms with Crippen LogP contribution in [-0.4, -0.2) is 60.5 Å². The van der Waals surface area contributed by atoms with Gasteiger partial charge in [0.25, 0.3) is 0 Å². The van der Waals surface area contributed by atoms with Gasteiger partial charge in [-0.2, -0.15) is 0 Å². The smallest absolute Gasteiger partial charge is 0.317 e. The van der Waals surface area contributed by atoms with Gasteiger partial charge in [-0.25, -0.2) is 4.79 Å². The molecule has 24 heavy (non-hydrogen) atoms. The summed E-state index contributed by atoms with van der Waals surface area (Å²) in [4.78, 5) is 16.1. The van der Waals surface area contributed by atoms with E-state index in [1.54, 1.807) is 0 Å². The van der Waals surface area contributed by atoms with E-state index in [-0.39, 0.29) is 12.1 Å². The van der Waals surface area contributed by atoms with Crippen molar-refractivity contribution in [1.29, 1.82) is 0 Å². The Kier molecular flexibility index (Phi) is 5.37. The highest BCUT2D eigenvalue weighted by atomic mass is 16.5. The predicted octanol–water partition coefficient (Wildman–Crippen LogP) is 2.04. The molecule has 3 rings (SSSR count). The molecule has 1 aromatic rings. The molecule has 1 aromatic heterocycles. The number of amides is 2. The molecule has 1 aliphatic carbocycles. The van der Waals surface area contributed by atoms with Gasteiger partial charge in [-0.3, -0.25) is 0 Å². The number of aromatic nitrogens is 2. The van der Waals surface area contributed by atoms with Gasteiger partial charge in [-0.05, 0) is 18.9 Å². The Labute approximate surface area is 143 Å². The summed E-state index contributed by atoms with van der Waals surface area (Å²) in [6, 6.07) is 4.09. The zero-order chi connectivity index (χ0) is 16.9. The number of rotatable bonds is 4. The van der Waals surface area contributed by atoms with Crippen molar-refractivity contribution in [2.24, 2.45) is 0 Å². The van der Waals surface area contributed by atoms with Crippen molar-refractivity contribution in [1.82, 2.24) is 20.4 Å². The first-order valence-electron chi connectivity index (χ1n) is 8.85. The Morgan fingerprint density at radius 2 is 2.00 bits per heavy atom. The van der Waals surface area contributed by atoms with Crippen LogP contribution >= 0.6 is 0 Å². The van der Waals surface area contributed by atoms with Gasteiger partial charge in [-0.1, -0.05) is 19.3 Å². The van der Waals surface area contributed by atoms with Crippen LogP contribution < -0.4 is 15.0 Å². The zero-order valence-electron chi connectivity index (χ0n) is 14.6. The summed E-state index contributed by atoms with van der Waals surface area (Å²) in [7, 11) is 3.84. The average molecular weight is 333 g/mol. The van der Waals surface area contributed by atoms with Crippen LogP contribution in [0.4, 0.5) is 10.6 Å². The molecule has 1 unspecified atom stereocenters. The summed E-state index contributed by atoms with van der Waals surface area (Å²) in [6.07, 6.45) is 6.76. The van der Waals surface area contributed by atoms with Crippen molar-refractivity contribution < 1.29 is 9.53 Å². The van der Waals surface area contributed by atoms with E-state index in [4.69, 9.17) is 4.74 Å². The molecule has 2 fully saturated rings. The Hall–Kier alpha value is -2.05. The summed E-state index contributed by atoms with van der Waals surface area (Å²) in [6.45, 7) is 1.34. The van der Waals surface area contributed by atoms with Crippen LogP contribution in [0.15, 0.2) is 12.1 Å². The van der Waals surface area contributed by atoms with Gasteiger partial charge in [0.1, 0.15) is 6.10 Å². The summed E-state index contributed by atoms with van der Waals surface area (Å²) in [5, 5.41) is 11.4. The molecule has 2 heterocycles. The molecule has 2 amide bonds. The fourth-order valence-corrected chi connectivity index (χ4v) is 3.31. The van der Waals surface area contributed by atoms with Crippen molar-refractivity contribution in [2.75, 3.05) is 32.1 Å². The molecule has 0 radical (unpaired) electrons. The summed E-state index contributed by atoms with van der Waals surface area (Å²) >= 11 is 0. The van der Waals surface area contributed by atoms with Crippen LogP contribution in [-0.2, 0) is 0 Å². The standard InChI is InChI=1S/C17H27N5O2/c1-21(2)15-8-9-16(20-19-15)24-14-10-11-22(12-14)17(23)18-13-6-4-3-5-7-13/h8-9,13-14H,3-7,10-12H2,1-2H3,(H,18,23). The van der Waals surface area contributed by atoms with Crippen LogP contribution in [0.3, 0.4) is 0 Å². The number of likely N-dealkylation sites (tertiary alicyclic amines) is 1. The Morgan fingerprint density at radius 1 is 1.21 bits per heavy atom. The van der Waals surface area contributed by atoms with E-state index in [0.717, 1.165) is 31.6 Å². The minimum atomic E-state index is -0.0124. The van der Waals surface area contributed by atoms with Gasteiger partial charge in [-0.15, -0.1) is 10.2 Å². The Bertz CT molecular complexity index is 542. The normalized spacial score (nSPS) is 21.6. The summed E-state index contributed by atoms with van der Waals surface area (Å²) < 4.78 is 5.87. The fraction of sp³-hybridized carbons (Fsp3) is 0.706. The van der Waals surface area contributed by atoms with E-state index >= 15 is 0 Å². The van der Waals surface area contributed by atoms with Gasteiger partial charge < -0.3 is 19.9 Å². The lowest BCUT2D eigenvalue weighted by Crippen LogP contribution is -2.45. The van der Waals surface area contributed by atoms with Crippen molar-refractivity contribution in [3.63, 3.8) is 0 Å². The number of hydrogen-bond donors (Lipinski definition) is 1. The molecule has 0 aromatic carbocycles. The minimum absolute atomic E-state index is 0.0124. The van der Waals surface area contributed by atoms with Crippen LogP contribution in [0.25, 0.3) is 0 Å². The quantitative estimate of drug-likeness (QED) is 0.913. The first-order chi connectivity index (χ1) is 11.6. The summed E-state index contributed by atoms with van der Waals surface area (Å²) in [5.74, 6) is 1.31. The molecule has 7 nitrogen and oxygen atoms in total. The van der Waals surface area contributed by atoms with Crippen LogP contribution in [0.2, 0.25) is 0 Å². The number of urea groups is 1. The average Bonchev–Trinajstić information content (AvgIpc) is 3.05. The van der Waals surface area contributed by atoms with Gasteiger partial charge >= 0.3 is 6.03 Å². The molecule has 132 valence electrons. The lowest BCUT2D eigenvalue weighted by molar-refractivity contribution is 0.178. The van der Waals surface area contributed by atoms with Gasteiger partial charge in [0.15, 0.2) is 5.82 Å². The van der Waals surface area contributed by atoms with Crippen LogP contribution in [0.1, 0.15) is 38.5 Å². The maximum absolute atomic E-state index is 12.4. The SMILES string of the molecule is CN(C)c1ccc(OC2CCN(C(=O)NC3CCCCC3)C2)nn1. The van der Waals surface area contributed by atoms with Crippen LogP contribution in [0, 0.1) is 0 Å². The first-order valence-corrected chi connectivity index (χ1v) is 8.85. The van der Waals surface area contributed by atoms with E-state index in [0.29, 0.717) is 18.5 Å². The molecule has 7 heteroatoms. The van der Waals surface area contributed by atoms with Crippen molar-refractivity contribution >= 4 is 11.8 Å². The summed E-state index contributed by atoms with van der Waals surface area (Å²) in [5.41, 5.74) is 0. The number of nitrogens with one attached hydrogen (secondary N) is 1. The molecule has 1 N–H and O–H groups in total. The Balaban J connectivity index is 1.47. The second kappa shape index (κ2) is 7.68. The first kappa shape index (κ1) is 16.8. The maximum atomic E-state index is 12.4. The highest BCUT2D eigenvalue weighted by molar-refractivity contribution is 5.74. The molecule has 1 saturated carbocycles. The van der Waals surface area contributed by atoms with E-state index < -0.39 is 0 Å². The lowest BCUT2D eigenvalue weighted by Gasteiger charge is -2.26. The van der Waals surface area contributed by atoms with E-state index in [2.05, 4.69) is 15.5 Å². The second-order valence-electron chi connectivity index (χ2n) is 6.88. The van der Waals surface area contributed by atoms with Gasteiger partial charge in [0.2, 0.25) is 5.88 Å². The monoisotopic (exact) mass is 333 g/mol. The number of ether oxygens (including phenoxy) is 1. The number of anilines is 1. The fourth-order valence-electron chi connectivity index (χ4n) is 3.31. The zero-order valence-corrected chi connectivity index (χ0v) is 14.6. The highest BCUT2D eigenvalue weighted by Gasteiger charge is 2.29. The number of hydrogen-bond acceptors (Lipinski definition) is 5.